The SMILES string of the molecule is Cc1ccc2c(S(=O)(=O)c3ccccc3)c(N)n(C3CCC(F)(F)CC3)c2[n+]1[O-]. The molecule has 0 radical (unpaired) electrons. The second-order valence-electron chi connectivity index (χ2n) is 7.49. The van der Waals surface area contributed by atoms with Gasteiger partial charge in [0.25, 0.3) is 5.65 Å². The van der Waals surface area contributed by atoms with Crippen LogP contribution in [0.1, 0.15) is 37.4 Å². The first-order valence-electron chi connectivity index (χ1n) is 9.34. The van der Waals surface area contributed by atoms with E-state index in [2.05, 4.69) is 0 Å². The average Bonchev–Trinajstić information content (AvgIpc) is 2.99. The van der Waals surface area contributed by atoms with Crippen LogP contribution in [0.5, 0.6) is 0 Å². The molecule has 154 valence electrons. The molecule has 29 heavy (non-hydrogen) atoms. The number of pyridine rings is 1. The van der Waals surface area contributed by atoms with Gasteiger partial charge in [-0.3, -0.25) is 0 Å². The van der Waals surface area contributed by atoms with Crippen LogP contribution in [0.25, 0.3) is 11.0 Å². The fourth-order valence-electron chi connectivity index (χ4n) is 4.04. The van der Waals surface area contributed by atoms with Gasteiger partial charge < -0.3 is 10.9 Å². The van der Waals surface area contributed by atoms with E-state index in [0.717, 1.165) is 0 Å². The number of nitrogens with two attached hydrogens (primary N) is 1. The number of aromatic nitrogens is 2. The molecule has 0 spiro atoms. The van der Waals surface area contributed by atoms with Gasteiger partial charge >= 0.3 is 0 Å². The number of fused-ring (bicyclic) bond motifs is 1. The normalized spacial score (nSPS) is 17.6. The summed E-state index contributed by atoms with van der Waals surface area (Å²) in [6, 6.07) is 10.4. The summed E-state index contributed by atoms with van der Waals surface area (Å²) in [5.41, 5.74) is 6.75. The highest BCUT2D eigenvalue weighted by Gasteiger charge is 2.41. The van der Waals surface area contributed by atoms with Crippen molar-refractivity contribution in [1.82, 2.24) is 4.57 Å². The summed E-state index contributed by atoms with van der Waals surface area (Å²) in [4.78, 5) is -0.0976. The summed E-state index contributed by atoms with van der Waals surface area (Å²) >= 11 is 0. The van der Waals surface area contributed by atoms with Crippen molar-refractivity contribution in [2.24, 2.45) is 0 Å². The van der Waals surface area contributed by atoms with Crippen LogP contribution in [0.3, 0.4) is 0 Å². The Labute approximate surface area is 167 Å². The predicted octanol–water partition coefficient (Wildman–Crippen LogP) is 3.75. The number of halogens is 2. The standard InChI is InChI=1S/C20H21F2N3O3S/c1-13-7-8-16-17(29(27,28)15-5-3-2-4-6-15)18(23)24(19(16)25(13)26)14-9-11-20(21,22)12-10-14/h2-8,14H,9-12,23H2,1H3. The van der Waals surface area contributed by atoms with Crippen molar-refractivity contribution < 1.29 is 21.9 Å². The summed E-state index contributed by atoms with van der Waals surface area (Å²) < 4.78 is 56.1. The maximum Gasteiger partial charge on any atom is 0.295 e. The van der Waals surface area contributed by atoms with Crippen molar-refractivity contribution in [2.45, 2.75) is 54.4 Å². The number of hydrogen-bond donors (Lipinski definition) is 1. The van der Waals surface area contributed by atoms with Gasteiger partial charge in [-0.2, -0.15) is 0 Å². The molecule has 0 amide bonds. The third-order valence-corrected chi connectivity index (χ3v) is 7.44. The van der Waals surface area contributed by atoms with E-state index < -0.39 is 21.8 Å². The van der Waals surface area contributed by atoms with Crippen LogP contribution in [-0.4, -0.2) is 18.9 Å². The molecule has 3 aromatic rings. The van der Waals surface area contributed by atoms with E-state index in [1.165, 1.54) is 22.8 Å². The molecule has 1 aromatic carbocycles. The van der Waals surface area contributed by atoms with Crippen molar-refractivity contribution >= 4 is 26.7 Å². The molecule has 0 aliphatic heterocycles. The Morgan fingerprint density at radius 1 is 1.14 bits per heavy atom. The number of hydrogen-bond acceptors (Lipinski definition) is 4. The largest absolute Gasteiger partial charge is 0.710 e. The van der Waals surface area contributed by atoms with E-state index in [0.29, 0.717) is 10.4 Å². The zero-order valence-corrected chi connectivity index (χ0v) is 16.6. The van der Waals surface area contributed by atoms with Crippen LogP contribution < -0.4 is 10.5 Å². The van der Waals surface area contributed by atoms with Crippen LogP contribution in [0.15, 0.2) is 52.3 Å². The molecule has 0 unspecified atom stereocenters. The Morgan fingerprint density at radius 2 is 1.76 bits per heavy atom. The fraction of sp³-hybridized carbons (Fsp3) is 0.350. The first-order valence-corrected chi connectivity index (χ1v) is 10.8. The minimum atomic E-state index is -4.01. The van der Waals surface area contributed by atoms with Gasteiger partial charge in [-0.1, -0.05) is 18.2 Å². The lowest BCUT2D eigenvalue weighted by Crippen LogP contribution is -2.35. The smallest absolute Gasteiger partial charge is 0.295 e. The molecule has 9 heteroatoms. The van der Waals surface area contributed by atoms with Gasteiger partial charge in [0, 0.05) is 12.8 Å². The summed E-state index contributed by atoms with van der Waals surface area (Å²) in [7, 11) is -4.01. The highest BCUT2D eigenvalue weighted by atomic mass is 32.2. The van der Waals surface area contributed by atoms with Gasteiger partial charge in [0.2, 0.25) is 21.6 Å². The third-order valence-electron chi connectivity index (χ3n) is 5.58. The fourth-order valence-corrected chi connectivity index (χ4v) is 5.62. The van der Waals surface area contributed by atoms with Crippen molar-refractivity contribution in [2.75, 3.05) is 5.73 Å². The topological polar surface area (TPSA) is 92.0 Å². The second-order valence-corrected chi connectivity index (χ2v) is 9.38. The molecular weight excluding hydrogens is 400 g/mol. The number of nitrogen functional groups attached to an aromatic ring is 1. The molecule has 1 aliphatic carbocycles. The van der Waals surface area contributed by atoms with Gasteiger partial charge in [-0.05, 0) is 44.0 Å². The lowest BCUT2D eigenvalue weighted by molar-refractivity contribution is -0.587. The number of rotatable bonds is 3. The number of aryl methyl sites for hydroxylation is 1. The highest BCUT2D eigenvalue weighted by molar-refractivity contribution is 7.92. The van der Waals surface area contributed by atoms with Crippen molar-refractivity contribution in [3.05, 3.63) is 53.4 Å². The molecule has 0 atom stereocenters. The Balaban J connectivity index is 1.98. The number of nitrogens with zero attached hydrogens (tertiary/aromatic N) is 2. The van der Waals surface area contributed by atoms with Crippen LogP contribution >= 0.6 is 0 Å². The minimum absolute atomic E-state index is 0.0546. The minimum Gasteiger partial charge on any atom is -0.710 e. The summed E-state index contributed by atoms with van der Waals surface area (Å²) in [6.07, 6.45) is -0.441. The first kappa shape index (κ1) is 19.6. The summed E-state index contributed by atoms with van der Waals surface area (Å²) in [5.74, 6) is -2.84. The number of benzene rings is 1. The molecule has 1 aliphatic rings. The van der Waals surface area contributed by atoms with Crippen molar-refractivity contribution in [3.8, 4) is 0 Å². The average molecular weight is 421 g/mol. The Hall–Kier alpha value is -2.68. The van der Waals surface area contributed by atoms with E-state index in [1.807, 2.05) is 0 Å². The molecule has 2 aromatic heterocycles. The quantitative estimate of drug-likeness (QED) is 0.515. The van der Waals surface area contributed by atoms with Crippen molar-refractivity contribution in [1.29, 1.82) is 0 Å². The Bertz CT molecular complexity index is 1180. The highest BCUT2D eigenvalue weighted by Crippen LogP contribution is 2.43. The molecule has 4 rings (SSSR count). The maximum absolute atomic E-state index is 13.7. The van der Waals surface area contributed by atoms with E-state index in [-0.39, 0.29) is 52.3 Å². The molecular formula is C20H21F2N3O3S. The van der Waals surface area contributed by atoms with Crippen LogP contribution in [0.4, 0.5) is 14.6 Å². The van der Waals surface area contributed by atoms with Gasteiger partial charge in [-0.25, -0.2) is 26.5 Å². The van der Waals surface area contributed by atoms with E-state index >= 15 is 0 Å². The zero-order chi connectivity index (χ0) is 21.0. The Morgan fingerprint density at radius 3 is 2.38 bits per heavy atom. The van der Waals surface area contributed by atoms with Gasteiger partial charge in [0.05, 0.1) is 10.3 Å². The lowest BCUT2D eigenvalue weighted by Gasteiger charge is -2.27. The van der Waals surface area contributed by atoms with Crippen molar-refractivity contribution in [3.63, 3.8) is 0 Å². The molecule has 1 saturated carbocycles. The predicted molar refractivity (Wildman–Crippen MR) is 104 cm³/mol. The molecule has 2 heterocycles. The van der Waals surface area contributed by atoms with E-state index in [9.17, 15) is 22.4 Å². The van der Waals surface area contributed by atoms with Gasteiger partial charge in [-0.15, -0.1) is 0 Å². The van der Waals surface area contributed by atoms with Crippen LogP contribution in [0.2, 0.25) is 0 Å². The summed E-state index contributed by atoms with van der Waals surface area (Å²) in [6.45, 7) is 1.60. The van der Waals surface area contributed by atoms with Gasteiger partial charge in [0.15, 0.2) is 4.90 Å². The molecule has 1 fully saturated rings. The Kier molecular flexibility index (Phi) is 4.53. The number of sulfone groups is 1. The number of alkyl halides is 2. The lowest BCUT2D eigenvalue weighted by atomic mass is 9.92. The third kappa shape index (κ3) is 3.13. The number of anilines is 1. The molecule has 0 bridgehead atoms. The molecule has 6 nitrogen and oxygen atoms in total. The second kappa shape index (κ2) is 6.69. The zero-order valence-electron chi connectivity index (χ0n) is 15.8. The molecule has 2 N–H and O–H groups in total. The molecule has 0 saturated heterocycles. The maximum atomic E-state index is 13.7. The van der Waals surface area contributed by atoms with E-state index in [1.54, 1.807) is 31.2 Å². The van der Waals surface area contributed by atoms with E-state index in [4.69, 9.17) is 5.73 Å². The van der Waals surface area contributed by atoms with Crippen LogP contribution in [0, 0.1) is 12.1 Å². The first-order chi connectivity index (χ1) is 13.6. The summed E-state index contributed by atoms with van der Waals surface area (Å²) in [5, 5.41) is 13.0. The van der Waals surface area contributed by atoms with Gasteiger partial charge in [0.1, 0.15) is 11.7 Å². The van der Waals surface area contributed by atoms with Crippen LogP contribution in [-0.2, 0) is 9.84 Å². The monoisotopic (exact) mass is 421 g/mol.